The molecular weight excluding hydrogens is 385 g/mol. The van der Waals surface area contributed by atoms with Gasteiger partial charge in [-0.3, -0.25) is 4.78 Å². The van der Waals surface area contributed by atoms with Gasteiger partial charge in [0.1, 0.15) is 11.6 Å². The summed E-state index contributed by atoms with van der Waals surface area (Å²) in [6, 6.07) is 9.32. The maximum Gasteiger partial charge on any atom is 0.465 e. The Hall–Kier alpha value is -1.84. The smallest absolute Gasteiger partial charge is 0.312 e. The van der Waals surface area contributed by atoms with Crippen molar-refractivity contribution in [3.05, 3.63) is 59.7 Å². The predicted molar refractivity (Wildman–Crippen MR) is 95.0 cm³/mol. The number of rotatable bonds is 5. The van der Waals surface area contributed by atoms with Crippen LogP contribution in [0.25, 0.3) is 11.1 Å². The Kier molecular flexibility index (Phi) is 5.92. The van der Waals surface area contributed by atoms with Gasteiger partial charge >= 0.3 is 5.51 Å². The first-order valence-electron chi connectivity index (χ1n) is 8.31. The van der Waals surface area contributed by atoms with Crippen LogP contribution < -0.4 is 10.0 Å². The Morgan fingerprint density at radius 2 is 1.89 bits per heavy atom. The Labute approximate surface area is 156 Å². The Balaban J connectivity index is 1.79. The van der Waals surface area contributed by atoms with Gasteiger partial charge < -0.3 is 5.32 Å². The molecule has 3 atom stereocenters. The Morgan fingerprint density at radius 1 is 1.15 bits per heavy atom. The SMILES string of the molecule is N=S(NC1CCNC1Cc1cccc(-c2cccc(F)c2)c1F)C(F)(F)F. The molecule has 1 heterocycles. The van der Waals surface area contributed by atoms with Gasteiger partial charge in [-0.15, -0.1) is 0 Å². The van der Waals surface area contributed by atoms with Gasteiger partial charge in [0.15, 0.2) is 0 Å². The zero-order chi connectivity index (χ0) is 19.6. The van der Waals surface area contributed by atoms with Gasteiger partial charge in [-0.25, -0.2) is 13.5 Å². The lowest BCUT2D eigenvalue weighted by atomic mass is 9.96. The number of alkyl halides is 3. The van der Waals surface area contributed by atoms with Gasteiger partial charge in [0.25, 0.3) is 0 Å². The normalized spacial score (nSPS) is 21.4. The average molecular weight is 403 g/mol. The molecule has 146 valence electrons. The quantitative estimate of drug-likeness (QED) is 0.652. The van der Waals surface area contributed by atoms with Crippen molar-refractivity contribution in [1.29, 1.82) is 4.78 Å². The maximum atomic E-state index is 14.9. The summed E-state index contributed by atoms with van der Waals surface area (Å²) < 4.78 is 75.8. The summed E-state index contributed by atoms with van der Waals surface area (Å²) in [5, 5.41) is 3.07. The summed E-state index contributed by atoms with van der Waals surface area (Å²) in [4.78, 5) is 0. The van der Waals surface area contributed by atoms with E-state index in [-0.39, 0.29) is 12.0 Å². The van der Waals surface area contributed by atoms with Crippen LogP contribution in [0.3, 0.4) is 0 Å². The van der Waals surface area contributed by atoms with E-state index in [4.69, 9.17) is 4.78 Å². The van der Waals surface area contributed by atoms with E-state index < -0.39 is 40.1 Å². The maximum absolute atomic E-state index is 14.9. The monoisotopic (exact) mass is 403 g/mol. The first-order chi connectivity index (χ1) is 12.8. The highest BCUT2D eigenvalue weighted by atomic mass is 32.2. The van der Waals surface area contributed by atoms with Crippen LogP contribution in [0, 0.1) is 16.4 Å². The molecule has 2 aromatic rings. The number of hydrogen-bond donors (Lipinski definition) is 3. The minimum Gasteiger partial charge on any atom is -0.312 e. The van der Waals surface area contributed by atoms with Gasteiger partial charge in [-0.1, -0.05) is 30.3 Å². The number of benzene rings is 2. The second-order valence-corrected chi connectivity index (χ2v) is 7.63. The highest BCUT2D eigenvalue weighted by molar-refractivity contribution is 7.85. The van der Waals surface area contributed by atoms with Crippen molar-refractivity contribution < 1.29 is 22.0 Å². The average Bonchev–Trinajstić information content (AvgIpc) is 3.03. The topological polar surface area (TPSA) is 47.9 Å². The van der Waals surface area contributed by atoms with E-state index in [2.05, 4.69) is 10.0 Å². The summed E-state index contributed by atoms with van der Waals surface area (Å²) in [7, 11) is -2.67. The minimum absolute atomic E-state index is 0.168. The predicted octanol–water partition coefficient (Wildman–Crippen LogP) is 4.31. The van der Waals surface area contributed by atoms with Crippen molar-refractivity contribution in [2.75, 3.05) is 6.54 Å². The van der Waals surface area contributed by atoms with E-state index in [0.717, 1.165) is 0 Å². The summed E-state index contributed by atoms with van der Waals surface area (Å²) in [5.74, 6) is -0.995. The van der Waals surface area contributed by atoms with Gasteiger partial charge in [-0.05, 0) is 42.6 Å². The molecule has 0 aromatic heterocycles. The third kappa shape index (κ3) is 4.72. The fraction of sp³-hybridized carbons (Fsp3) is 0.333. The summed E-state index contributed by atoms with van der Waals surface area (Å²) in [6.45, 7) is 0.489. The minimum atomic E-state index is -4.63. The molecule has 0 radical (unpaired) electrons. The van der Waals surface area contributed by atoms with E-state index in [1.54, 1.807) is 18.2 Å². The van der Waals surface area contributed by atoms with E-state index in [1.165, 1.54) is 24.3 Å². The molecule has 27 heavy (non-hydrogen) atoms. The van der Waals surface area contributed by atoms with Gasteiger partial charge in [0.2, 0.25) is 0 Å². The lowest BCUT2D eigenvalue weighted by Gasteiger charge is -2.23. The van der Waals surface area contributed by atoms with Crippen LogP contribution in [0.2, 0.25) is 0 Å². The summed E-state index contributed by atoms with van der Waals surface area (Å²) in [5.41, 5.74) is -3.66. The molecule has 3 N–H and O–H groups in total. The van der Waals surface area contributed by atoms with Gasteiger partial charge in [0, 0.05) is 17.6 Å². The van der Waals surface area contributed by atoms with Crippen molar-refractivity contribution in [2.45, 2.75) is 30.4 Å². The van der Waals surface area contributed by atoms with Crippen molar-refractivity contribution in [1.82, 2.24) is 10.0 Å². The molecule has 0 aliphatic carbocycles. The molecular formula is C18H18F5N3S. The third-order valence-corrected chi connectivity index (χ3v) is 5.50. The first-order valence-corrected chi connectivity index (χ1v) is 9.53. The fourth-order valence-electron chi connectivity index (χ4n) is 3.19. The third-order valence-electron chi connectivity index (χ3n) is 4.50. The number of halogens is 5. The molecule has 9 heteroatoms. The van der Waals surface area contributed by atoms with Crippen molar-refractivity contribution in [2.24, 2.45) is 0 Å². The Bertz CT molecular complexity index is 840. The Morgan fingerprint density at radius 3 is 2.59 bits per heavy atom. The van der Waals surface area contributed by atoms with Crippen LogP contribution >= 0.6 is 0 Å². The highest BCUT2D eigenvalue weighted by Gasteiger charge is 2.37. The van der Waals surface area contributed by atoms with Crippen molar-refractivity contribution in [3.8, 4) is 11.1 Å². The largest absolute Gasteiger partial charge is 0.465 e. The highest BCUT2D eigenvalue weighted by Crippen LogP contribution is 2.27. The molecule has 3 nitrogen and oxygen atoms in total. The van der Waals surface area contributed by atoms with Crippen LogP contribution in [0.1, 0.15) is 12.0 Å². The molecule has 3 rings (SSSR count). The van der Waals surface area contributed by atoms with Crippen molar-refractivity contribution in [3.63, 3.8) is 0 Å². The second-order valence-electron chi connectivity index (χ2n) is 6.32. The first kappa shape index (κ1) is 19.9. The molecule has 2 aromatic carbocycles. The zero-order valence-corrected chi connectivity index (χ0v) is 14.9. The molecule has 0 saturated carbocycles. The van der Waals surface area contributed by atoms with Crippen LogP contribution in [-0.2, 0) is 17.3 Å². The molecule has 1 fully saturated rings. The fourth-order valence-corrected chi connectivity index (χ4v) is 3.91. The van der Waals surface area contributed by atoms with Gasteiger partial charge in [-0.2, -0.15) is 13.2 Å². The molecule has 3 unspecified atom stereocenters. The van der Waals surface area contributed by atoms with Gasteiger partial charge in [0.05, 0.1) is 10.9 Å². The lowest BCUT2D eigenvalue weighted by molar-refractivity contribution is -0.0371. The molecule has 0 spiro atoms. The number of hydrogen-bond acceptors (Lipinski definition) is 2. The lowest BCUT2D eigenvalue weighted by Crippen LogP contribution is -2.45. The van der Waals surface area contributed by atoms with Crippen LogP contribution in [-0.4, -0.2) is 24.1 Å². The van der Waals surface area contributed by atoms with Crippen LogP contribution in [0.15, 0.2) is 42.5 Å². The number of nitrogens with one attached hydrogen (secondary N) is 3. The van der Waals surface area contributed by atoms with E-state index in [0.29, 0.717) is 24.1 Å². The molecule has 0 amide bonds. The van der Waals surface area contributed by atoms with Crippen LogP contribution in [0.5, 0.6) is 0 Å². The van der Waals surface area contributed by atoms with Crippen LogP contribution in [0.4, 0.5) is 22.0 Å². The van der Waals surface area contributed by atoms with Crippen molar-refractivity contribution >= 4 is 10.9 Å². The zero-order valence-electron chi connectivity index (χ0n) is 14.1. The summed E-state index contributed by atoms with van der Waals surface area (Å²) >= 11 is 0. The molecule has 0 bridgehead atoms. The second kappa shape index (κ2) is 8.04. The molecule has 1 aliphatic rings. The molecule has 1 aliphatic heterocycles. The van der Waals surface area contributed by atoms with E-state index in [1.807, 2.05) is 0 Å². The van der Waals surface area contributed by atoms with E-state index in [9.17, 15) is 22.0 Å². The van der Waals surface area contributed by atoms with E-state index >= 15 is 0 Å². The molecule has 1 saturated heterocycles. The summed E-state index contributed by atoms with van der Waals surface area (Å²) in [6.07, 6.45) is 0.593. The standard InChI is InChI=1S/C18H18F5N3S/c19-13-5-1-3-11(9-13)14-6-2-4-12(17(14)20)10-16-15(7-8-25-16)26-27(24)18(21,22)23/h1-6,9,15-16,25H,7-8,10H2,(H2,24,26).